The normalized spacial score (nSPS) is 10.8. The zero-order chi connectivity index (χ0) is 8.97. The van der Waals surface area contributed by atoms with Gasteiger partial charge in [-0.2, -0.15) is 0 Å². The van der Waals surface area contributed by atoms with E-state index < -0.39 is 0 Å². The fraction of sp³-hybridized carbons (Fsp3) is 0.286. The first-order chi connectivity index (χ1) is 5.72. The lowest BCUT2D eigenvalue weighted by Crippen LogP contribution is -2.30. The first-order valence-corrected chi connectivity index (χ1v) is 3.80. The lowest BCUT2D eigenvalue weighted by atomic mass is 10.4. The Hall–Kier alpha value is -0.430. The van der Waals surface area contributed by atoms with Crippen molar-refractivity contribution in [2.24, 2.45) is 10.7 Å². The van der Waals surface area contributed by atoms with Crippen LogP contribution < -0.4 is 11.1 Å². The second-order valence-electron chi connectivity index (χ2n) is 2.17. The van der Waals surface area contributed by atoms with Gasteiger partial charge < -0.3 is 15.5 Å². The van der Waals surface area contributed by atoms with Crippen LogP contribution in [0.25, 0.3) is 0 Å². The van der Waals surface area contributed by atoms with Gasteiger partial charge in [0, 0.05) is 7.05 Å². The van der Waals surface area contributed by atoms with Crippen LogP contribution in [-0.2, 0) is 6.54 Å². The third-order valence-electron chi connectivity index (χ3n) is 1.31. The maximum Gasteiger partial charge on any atom is 0.193 e. The number of nitrogens with two attached hydrogens (primary N) is 1. The zero-order valence-electron chi connectivity index (χ0n) is 7.08. The highest BCUT2D eigenvalue weighted by molar-refractivity contribution is 14.0. The molecule has 0 atom stereocenters. The van der Waals surface area contributed by atoms with Gasteiger partial charge in [-0.3, -0.25) is 4.99 Å². The molecule has 1 aromatic heterocycles. The Morgan fingerprint density at radius 1 is 1.69 bits per heavy atom. The van der Waals surface area contributed by atoms with Gasteiger partial charge in [0.1, 0.15) is 5.76 Å². The number of nitrogens with zero attached hydrogens (tertiary/aromatic N) is 1. The molecular weight excluding hydrogens is 304 g/mol. The lowest BCUT2D eigenvalue weighted by Gasteiger charge is -2.00. The minimum Gasteiger partial charge on any atom is -0.448 e. The summed E-state index contributed by atoms with van der Waals surface area (Å²) in [6.45, 7) is 0.496. The minimum atomic E-state index is 0. The maximum atomic E-state index is 5.55. The molecule has 0 spiro atoms. The van der Waals surface area contributed by atoms with E-state index in [0.717, 1.165) is 5.76 Å². The predicted molar refractivity (Wildman–Crippen MR) is 63.5 cm³/mol. The highest BCUT2D eigenvalue weighted by atomic mass is 127. The number of furan rings is 1. The van der Waals surface area contributed by atoms with Gasteiger partial charge in [0.05, 0.1) is 6.54 Å². The van der Waals surface area contributed by atoms with Crippen LogP contribution in [-0.4, -0.2) is 13.0 Å². The fourth-order valence-corrected chi connectivity index (χ4v) is 0.866. The number of halogens is 2. The Kier molecular flexibility index (Phi) is 5.89. The summed E-state index contributed by atoms with van der Waals surface area (Å²) in [6, 6.07) is 3.45. The molecule has 1 heterocycles. The Morgan fingerprint density at radius 3 is 2.85 bits per heavy atom. The van der Waals surface area contributed by atoms with Crippen molar-refractivity contribution in [3.05, 3.63) is 23.1 Å². The van der Waals surface area contributed by atoms with E-state index in [0.29, 0.717) is 17.7 Å². The van der Waals surface area contributed by atoms with Crippen molar-refractivity contribution < 1.29 is 4.42 Å². The second-order valence-corrected chi connectivity index (χ2v) is 2.54. The van der Waals surface area contributed by atoms with Crippen molar-refractivity contribution in [3.8, 4) is 0 Å². The molecule has 0 bridgehead atoms. The zero-order valence-corrected chi connectivity index (χ0v) is 10.2. The highest BCUT2D eigenvalue weighted by Crippen LogP contribution is 2.12. The second kappa shape index (κ2) is 6.09. The number of guanidine groups is 1. The molecule has 0 saturated heterocycles. The van der Waals surface area contributed by atoms with E-state index in [1.807, 2.05) is 0 Å². The van der Waals surface area contributed by atoms with Crippen LogP contribution in [0.2, 0.25) is 5.22 Å². The van der Waals surface area contributed by atoms with Crippen molar-refractivity contribution >= 4 is 41.5 Å². The average molecular weight is 316 g/mol. The Balaban J connectivity index is 0.00000144. The van der Waals surface area contributed by atoms with Crippen molar-refractivity contribution in [2.45, 2.75) is 6.54 Å². The average Bonchev–Trinajstić information content (AvgIpc) is 2.47. The third kappa shape index (κ3) is 4.37. The molecule has 0 unspecified atom stereocenters. The van der Waals surface area contributed by atoms with E-state index in [-0.39, 0.29) is 24.0 Å². The fourth-order valence-electron chi connectivity index (χ4n) is 0.703. The molecular formula is C7H11ClIN3O. The number of aliphatic imine (C=N–C) groups is 1. The SMILES string of the molecule is CN=C(N)NCc1ccc(Cl)o1.I. The lowest BCUT2D eigenvalue weighted by molar-refractivity contribution is 0.504. The topological polar surface area (TPSA) is 63.5 Å². The smallest absolute Gasteiger partial charge is 0.193 e. The van der Waals surface area contributed by atoms with E-state index in [4.69, 9.17) is 21.8 Å². The molecule has 13 heavy (non-hydrogen) atoms. The maximum absolute atomic E-state index is 5.55. The number of hydrogen-bond donors (Lipinski definition) is 2. The van der Waals surface area contributed by atoms with Gasteiger partial charge in [0.25, 0.3) is 0 Å². The number of nitrogens with one attached hydrogen (secondary N) is 1. The van der Waals surface area contributed by atoms with E-state index in [2.05, 4.69) is 10.3 Å². The standard InChI is InChI=1S/C7H10ClN3O.HI/c1-10-7(9)11-4-5-2-3-6(8)12-5;/h2-3H,4H2,1H3,(H3,9,10,11);1H. The van der Waals surface area contributed by atoms with Gasteiger partial charge in [-0.25, -0.2) is 0 Å². The van der Waals surface area contributed by atoms with Crippen LogP contribution in [0.15, 0.2) is 21.5 Å². The van der Waals surface area contributed by atoms with Crippen LogP contribution in [0.5, 0.6) is 0 Å². The Morgan fingerprint density at radius 2 is 2.38 bits per heavy atom. The predicted octanol–water partition coefficient (Wildman–Crippen LogP) is 1.59. The molecule has 0 aliphatic rings. The van der Waals surface area contributed by atoms with E-state index in [9.17, 15) is 0 Å². The van der Waals surface area contributed by atoms with Gasteiger partial charge in [0.2, 0.25) is 0 Å². The summed E-state index contributed by atoms with van der Waals surface area (Å²) >= 11 is 5.55. The third-order valence-corrected chi connectivity index (χ3v) is 1.52. The molecule has 6 heteroatoms. The van der Waals surface area contributed by atoms with Crippen LogP contribution in [0, 0.1) is 0 Å². The molecule has 1 rings (SSSR count). The summed E-state index contributed by atoms with van der Waals surface area (Å²) in [5.41, 5.74) is 5.39. The molecule has 0 amide bonds. The van der Waals surface area contributed by atoms with E-state index in [1.165, 1.54) is 0 Å². The van der Waals surface area contributed by atoms with Crippen LogP contribution in [0.4, 0.5) is 0 Å². The Bertz CT molecular complexity index is 287. The van der Waals surface area contributed by atoms with Gasteiger partial charge in [-0.15, -0.1) is 24.0 Å². The van der Waals surface area contributed by atoms with E-state index >= 15 is 0 Å². The molecule has 0 saturated carbocycles. The summed E-state index contributed by atoms with van der Waals surface area (Å²) < 4.78 is 5.07. The molecule has 0 fully saturated rings. The summed E-state index contributed by atoms with van der Waals surface area (Å²) in [5.74, 6) is 1.11. The van der Waals surface area contributed by atoms with Gasteiger partial charge >= 0.3 is 0 Å². The molecule has 0 aliphatic heterocycles. The quantitative estimate of drug-likeness (QED) is 0.495. The molecule has 1 aromatic rings. The van der Waals surface area contributed by atoms with Crippen LogP contribution >= 0.6 is 35.6 Å². The number of rotatable bonds is 2. The molecule has 0 radical (unpaired) electrons. The van der Waals surface area contributed by atoms with Gasteiger partial charge in [-0.05, 0) is 23.7 Å². The largest absolute Gasteiger partial charge is 0.448 e. The molecule has 4 nitrogen and oxygen atoms in total. The van der Waals surface area contributed by atoms with Crippen LogP contribution in [0.1, 0.15) is 5.76 Å². The first-order valence-electron chi connectivity index (χ1n) is 3.42. The van der Waals surface area contributed by atoms with Crippen LogP contribution in [0.3, 0.4) is 0 Å². The summed E-state index contributed by atoms with van der Waals surface area (Å²) in [5, 5.41) is 3.21. The highest BCUT2D eigenvalue weighted by Gasteiger charge is 1.98. The Labute approximate surface area is 98.6 Å². The number of hydrogen-bond acceptors (Lipinski definition) is 2. The van der Waals surface area contributed by atoms with Crippen molar-refractivity contribution in [2.75, 3.05) is 7.05 Å². The van der Waals surface area contributed by atoms with Gasteiger partial charge in [-0.1, -0.05) is 0 Å². The molecule has 74 valence electrons. The van der Waals surface area contributed by atoms with Crippen molar-refractivity contribution in [1.82, 2.24) is 5.32 Å². The monoisotopic (exact) mass is 315 g/mol. The first kappa shape index (κ1) is 12.6. The van der Waals surface area contributed by atoms with Crippen molar-refractivity contribution in [1.29, 1.82) is 0 Å². The molecule has 0 aliphatic carbocycles. The van der Waals surface area contributed by atoms with Gasteiger partial charge in [0.15, 0.2) is 11.2 Å². The molecule has 0 aromatic carbocycles. The minimum absolute atomic E-state index is 0. The van der Waals surface area contributed by atoms with Crippen molar-refractivity contribution in [3.63, 3.8) is 0 Å². The summed E-state index contributed by atoms with van der Waals surface area (Å²) in [4.78, 5) is 3.72. The molecule has 3 N–H and O–H groups in total. The summed E-state index contributed by atoms with van der Waals surface area (Å²) in [6.07, 6.45) is 0. The van der Waals surface area contributed by atoms with E-state index in [1.54, 1.807) is 19.2 Å². The summed E-state index contributed by atoms with van der Waals surface area (Å²) in [7, 11) is 1.61.